The van der Waals surface area contributed by atoms with Gasteiger partial charge in [0.15, 0.2) is 0 Å². The molecule has 24 heavy (non-hydrogen) atoms. The van der Waals surface area contributed by atoms with Gasteiger partial charge in [0.2, 0.25) is 5.95 Å². The van der Waals surface area contributed by atoms with Gasteiger partial charge in [0, 0.05) is 6.54 Å². The zero-order valence-corrected chi connectivity index (χ0v) is 12.9. The lowest BCUT2D eigenvalue weighted by Crippen LogP contribution is -2.21. The highest BCUT2D eigenvalue weighted by Gasteiger charge is 2.38. The number of carbonyl (C=O) groups is 1. The Hall–Kier alpha value is -2.29. The molecule has 9 heteroatoms. The molecule has 1 aromatic carbocycles. The van der Waals surface area contributed by atoms with Crippen molar-refractivity contribution in [2.75, 3.05) is 25.0 Å². The number of halogens is 3. The predicted octanol–water partition coefficient (Wildman–Crippen LogP) is 2.61. The summed E-state index contributed by atoms with van der Waals surface area (Å²) in [5.74, 6) is -1.04. The van der Waals surface area contributed by atoms with E-state index in [1.54, 1.807) is 0 Å². The fourth-order valence-electron chi connectivity index (χ4n) is 2.39. The Morgan fingerprint density at radius 1 is 1.38 bits per heavy atom. The third-order valence-corrected chi connectivity index (χ3v) is 3.64. The van der Waals surface area contributed by atoms with Gasteiger partial charge < -0.3 is 20.7 Å². The zero-order valence-electron chi connectivity index (χ0n) is 12.9. The first-order valence-corrected chi connectivity index (χ1v) is 7.55. The molecule has 6 nitrogen and oxygen atoms in total. The molecule has 1 aromatic heterocycles. The van der Waals surface area contributed by atoms with Crippen LogP contribution < -0.4 is 10.6 Å². The maximum Gasteiger partial charge on any atom is 0.490 e. The van der Waals surface area contributed by atoms with E-state index in [0.717, 1.165) is 29.4 Å². The molecule has 0 saturated carbocycles. The van der Waals surface area contributed by atoms with Crippen LogP contribution >= 0.6 is 0 Å². The van der Waals surface area contributed by atoms with E-state index in [1.165, 1.54) is 25.9 Å². The quantitative estimate of drug-likeness (QED) is 0.685. The summed E-state index contributed by atoms with van der Waals surface area (Å²) < 4.78 is 31.7. The Morgan fingerprint density at radius 3 is 2.67 bits per heavy atom. The highest BCUT2D eigenvalue weighted by molar-refractivity contribution is 5.77. The number of nitrogens with one attached hydrogen (secondary N) is 3. The smallest absolute Gasteiger partial charge is 0.475 e. The molecular weight excluding hydrogens is 325 g/mol. The van der Waals surface area contributed by atoms with E-state index in [2.05, 4.69) is 26.7 Å². The van der Waals surface area contributed by atoms with E-state index in [4.69, 9.17) is 9.90 Å². The number of aliphatic carboxylic acids is 1. The number of imidazole rings is 1. The topological polar surface area (TPSA) is 90.0 Å². The van der Waals surface area contributed by atoms with Crippen LogP contribution in [0.1, 0.15) is 12.8 Å². The molecule has 1 unspecified atom stereocenters. The number of alkyl halides is 3. The number of fused-ring (bicyclic) bond motifs is 1. The maximum absolute atomic E-state index is 10.6. The van der Waals surface area contributed by atoms with Crippen molar-refractivity contribution in [2.45, 2.75) is 19.0 Å². The van der Waals surface area contributed by atoms with Crippen LogP contribution in [-0.2, 0) is 4.79 Å². The summed E-state index contributed by atoms with van der Waals surface area (Å²) in [4.78, 5) is 16.7. The van der Waals surface area contributed by atoms with Crippen molar-refractivity contribution in [3.63, 3.8) is 0 Å². The average Bonchev–Trinajstić information content (AvgIpc) is 3.15. The normalized spacial score (nSPS) is 17.4. The van der Waals surface area contributed by atoms with Gasteiger partial charge in [-0.1, -0.05) is 12.1 Å². The minimum Gasteiger partial charge on any atom is -0.475 e. The molecule has 0 bridgehead atoms. The highest BCUT2D eigenvalue weighted by Crippen LogP contribution is 2.15. The van der Waals surface area contributed by atoms with Crippen LogP contribution in [0.25, 0.3) is 11.0 Å². The van der Waals surface area contributed by atoms with Gasteiger partial charge in [0.05, 0.1) is 11.0 Å². The maximum atomic E-state index is 10.6. The first-order valence-electron chi connectivity index (χ1n) is 7.55. The lowest BCUT2D eigenvalue weighted by molar-refractivity contribution is -0.192. The van der Waals surface area contributed by atoms with E-state index in [-0.39, 0.29) is 0 Å². The summed E-state index contributed by atoms with van der Waals surface area (Å²) in [7, 11) is 0. The third-order valence-electron chi connectivity index (χ3n) is 3.64. The van der Waals surface area contributed by atoms with Crippen LogP contribution in [0.15, 0.2) is 24.3 Å². The van der Waals surface area contributed by atoms with Crippen LogP contribution in [0.5, 0.6) is 0 Å². The molecule has 1 saturated heterocycles. The second-order valence-electron chi connectivity index (χ2n) is 5.48. The number of hydrogen-bond acceptors (Lipinski definition) is 4. The number of anilines is 1. The van der Waals surface area contributed by atoms with E-state index < -0.39 is 12.1 Å². The number of rotatable bonds is 4. The van der Waals surface area contributed by atoms with Gasteiger partial charge in [-0.05, 0) is 44.0 Å². The fraction of sp³-hybridized carbons (Fsp3) is 0.467. The monoisotopic (exact) mass is 344 g/mol. The van der Waals surface area contributed by atoms with Crippen LogP contribution in [0, 0.1) is 5.92 Å². The molecule has 4 N–H and O–H groups in total. The Balaban J connectivity index is 0.000000256. The lowest BCUT2D eigenvalue weighted by Gasteiger charge is -2.07. The summed E-state index contributed by atoms with van der Waals surface area (Å²) >= 11 is 0. The summed E-state index contributed by atoms with van der Waals surface area (Å²) in [5.41, 5.74) is 2.12. The van der Waals surface area contributed by atoms with Gasteiger partial charge in [-0.3, -0.25) is 0 Å². The molecule has 1 aliphatic rings. The van der Waals surface area contributed by atoms with E-state index in [0.29, 0.717) is 0 Å². The molecule has 1 fully saturated rings. The molecule has 2 heterocycles. The van der Waals surface area contributed by atoms with Crippen molar-refractivity contribution in [3.8, 4) is 0 Å². The molecule has 0 amide bonds. The van der Waals surface area contributed by atoms with Gasteiger partial charge >= 0.3 is 12.1 Å². The number of carboxylic acids is 1. The minimum absolute atomic E-state index is 0.826. The standard InChI is InChI=1S/C13H18N4.C2HF3O2/c1-2-4-12-11(3-1)16-13(17-12)15-8-6-10-5-7-14-9-10;3-2(4,5)1(6)7/h1-4,10,14H,5-9H2,(H2,15,16,17);(H,6,7). The molecule has 1 atom stereocenters. The van der Waals surface area contributed by atoms with E-state index >= 15 is 0 Å². The predicted molar refractivity (Wildman–Crippen MR) is 83.9 cm³/mol. The second kappa shape index (κ2) is 8.00. The number of para-hydroxylation sites is 2. The van der Waals surface area contributed by atoms with E-state index in [9.17, 15) is 13.2 Å². The molecular formula is C15H19F3N4O2. The molecule has 132 valence electrons. The number of aromatic nitrogens is 2. The fourth-order valence-corrected chi connectivity index (χ4v) is 2.39. The number of benzene rings is 1. The second-order valence-corrected chi connectivity index (χ2v) is 5.48. The summed E-state index contributed by atoms with van der Waals surface area (Å²) in [6, 6.07) is 8.11. The van der Waals surface area contributed by atoms with Gasteiger partial charge in [0.25, 0.3) is 0 Å². The molecule has 0 aliphatic carbocycles. The number of hydrogen-bond donors (Lipinski definition) is 4. The molecule has 0 radical (unpaired) electrons. The van der Waals surface area contributed by atoms with Crippen LogP contribution in [0.4, 0.5) is 19.1 Å². The number of nitrogens with zero attached hydrogens (tertiary/aromatic N) is 1. The highest BCUT2D eigenvalue weighted by atomic mass is 19.4. The third kappa shape index (κ3) is 5.41. The van der Waals surface area contributed by atoms with Gasteiger partial charge in [-0.25, -0.2) is 9.78 Å². The van der Waals surface area contributed by atoms with Gasteiger partial charge in [-0.2, -0.15) is 13.2 Å². The van der Waals surface area contributed by atoms with Crippen molar-refractivity contribution in [1.29, 1.82) is 0 Å². The van der Waals surface area contributed by atoms with Crippen molar-refractivity contribution >= 4 is 23.0 Å². The van der Waals surface area contributed by atoms with Crippen molar-refractivity contribution in [2.24, 2.45) is 5.92 Å². The number of H-pyrrole nitrogens is 1. The Kier molecular flexibility index (Phi) is 6.02. The van der Waals surface area contributed by atoms with Crippen molar-refractivity contribution < 1.29 is 23.1 Å². The van der Waals surface area contributed by atoms with Gasteiger partial charge in [-0.15, -0.1) is 0 Å². The Bertz CT molecular complexity index is 633. The number of carboxylic acid groups (broad SMARTS) is 1. The molecule has 2 aromatic rings. The summed E-state index contributed by atoms with van der Waals surface area (Å²) in [6.45, 7) is 3.34. The number of aromatic amines is 1. The first kappa shape index (κ1) is 18.1. The van der Waals surface area contributed by atoms with E-state index in [1.807, 2.05) is 18.2 Å². The molecule has 1 aliphatic heterocycles. The molecule has 3 rings (SSSR count). The summed E-state index contributed by atoms with van der Waals surface area (Å²) in [5, 5.41) is 13.9. The zero-order chi connectivity index (χ0) is 17.6. The summed E-state index contributed by atoms with van der Waals surface area (Å²) in [6.07, 6.45) is -2.56. The lowest BCUT2D eigenvalue weighted by atomic mass is 10.1. The van der Waals surface area contributed by atoms with Crippen LogP contribution in [0.3, 0.4) is 0 Å². The van der Waals surface area contributed by atoms with Crippen molar-refractivity contribution in [1.82, 2.24) is 15.3 Å². The average molecular weight is 344 g/mol. The SMILES string of the molecule is O=C(O)C(F)(F)F.c1ccc2[nH]c(NCCC3CCNC3)nc2c1. The van der Waals surface area contributed by atoms with Crippen LogP contribution in [0.2, 0.25) is 0 Å². The Labute approximate surface area is 136 Å². The Morgan fingerprint density at radius 2 is 2.08 bits per heavy atom. The van der Waals surface area contributed by atoms with Crippen LogP contribution in [-0.4, -0.2) is 46.9 Å². The largest absolute Gasteiger partial charge is 0.490 e. The molecule has 0 spiro atoms. The first-order chi connectivity index (χ1) is 11.4. The van der Waals surface area contributed by atoms with Crippen molar-refractivity contribution in [3.05, 3.63) is 24.3 Å². The van der Waals surface area contributed by atoms with Gasteiger partial charge in [0.1, 0.15) is 0 Å². The minimum atomic E-state index is -5.08.